The van der Waals surface area contributed by atoms with E-state index in [4.69, 9.17) is 17.3 Å². The lowest BCUT2D eigenvalue weighted by atomic mass is 10.1. The SMILES string of the molecule is CCSc1ccc(-c2nn(-c3ccccc3)cc2/C=C2\SC(=S)N(C(C)C)C2=O)cc1. The highest BCUT2D eigenvalue weighted by Crippen LogP contribution is 2.36. The highest BCUT2D eigenvalue weighted by molar-refractivity contribution is 8.26. The van der Waals surface area contributed by atoms with Gasteiger partial charge in [-0.1, -0.05) is 61.2 Å². The van der Waals surface area contributed by atoms with Crippen LogP contribution < -0.4 is 0 Å². The van der Waals surface area contributed by atoms with Crippen molar-refractivity contribution in [2.75, 3.05) is 5.75 Å². The van der Waals surface area contributed by atoms with Crippen LogP contribution in [0.15, 0.2) is 70.6 Å². The topological polar surface area (TPSA) is 38.1 Å². The fourth-order valence-corrected chi connectivity index (χ4v) is 5.55. The van der Waals surface area contributed by atoms with Crippen LogP contribution in [-0.2, 0) is 4.79 Å². The van der Waals surface area contributed by atoms with E-state index >= 15 is 0 Å². The number of carbonyl (C=O) groups is 1. The zero-order valence-electron chi connectivity index (χ0n) is 17.6. The van der Waals surface area contributed by atoms with Crippen molar-refractivity contribution in [3.8, 4) is 16.9 Å². The van der Waals surface area contributed by atoms with Gasteiger partial charge in [-0.25, -0.2) is 4.68 Å². The lowest BCUT2D eigenvalue weighted by Gasteiger charge is -2.18. The summed E-state index contributed by atoms with van der Waals surface area (Å²) in [5.41, 5.74) is 3.72. The zero-order valence-corrected chi connectivity index (χ0v) is 20.1. The Hall–Kier alpha value is -2.35. The van der Waals surface area contributed by atoms with Gasteiger partial charge in [0.15, 0.2) is 0 Å². The van der Waals surface area contributed by atoms with E-state index in [1.54, 1.807) is 4.90 Å². The number of rotatable bonds is 6. The van der Waals surface area contributed by atoms with Gasteiger partial charge in [-0.2, -0.15) is 5.10 Å². The molecule has 0 atom stereocenters. The predicted molar refractivity (Wildman–Crippen MR) is 136 cm³/mol. The van der Waals surface area contributed by atoms with Crippen LogP contribution in [0.4, 0.5) is 0 Å². The Morgan fingerprint density at radius 2 is 1.84 bits per heavy atom. The van der Waals surface area contributed by atoms with Crippen LogP contribution in [0.1, 0.15) is 26.3 Å². The Morgan fingerprint density at radius 3 is 2.45 bits per heavy atom. The molecule has 7 heteroatoms. The summed E-state index contributed by atoms with van der Waals surface area (Å²) in [5, 5.41) is 4.86. The van der Waals surface area contributed by atoms with Gasteiger partial charge in [0.05, 0.1) is 16.3 Å². The smallest absolute Gasteiger partial charge is 0.266 e. The number of hydrogen-bond donors (Lipinski definition) is 0. The second kappa shape index (κ2) is 9.42. The Labute approximate surface area is 196 Å². The third-order valence-electron chi connectivity index (χ3n) is 4.83. The van der Waals surface area contributed by atoms with Crippen LogP contribution in [0.2, 0.25) is 0 Å². The Morgan fingerprint density at radius 1 is 1.13 bits per heavy atom. The number of thiocarbonyl (C=S) groups is 1. The summed E-state index contributed by atoms with van der Waals surface area (Å²) in [6.45, 7) is 6.09. The number of carbonyl (C=O) groups excluding carboxylic acids is 1. The molecule has 0 radical (unpaired) electrons. The van der Waals surface area contributed by atoms with E-state index in [-0.39, 0.29) is 11.9 Å². The maximum absolute atomic E-state index is 12.9. The van der Waals surface area contributed by atoms with Gasteiger partial charge in [-0.15, -0.1) is 11.8 Å². The molecule has 0 saturated carbocycles. The Kier molecular flexibility index (Phi) is 6.65. The predicted octanol–water partition coefficient (Wildman–Crippen LogP) is 6.26. The quantitative estimate of drug-likeness (QED) is 0.244. The molecule has 31 heavy (non-hydrogen) atoms. The third kappa shape index (κ3) is 4.63. The number of amides is 1. The second-order valence-corrected chi connectivity index (χ2v) is 10.3. The van der Waals surface area contributed by atoms with Gasteiger partial charge in [0, 0.05) is 28.3 Å². The number of aromatic nitrogens is 2. The van der Waals surface area contributed by atoms with Crippen molar-refractivity contribution >= 4 is 52.0 Å². The Bertz CT molecular complexity index is 1130. The maximum atomic E-state index is 12.9. The summed E-state index contributed by atoms with van der Waals surface area (Å²) in [7, 11) is 0. The molecule has 1 aliphatic heterocycles. The first-order valence-corrected chi connectivity index (χ1v) is 12.3. The molecule has 1 saturated heterocycles. The molecular formula is C24H23N3OS3. The summed E-state index contributed by atoms with van der Waals surface area (Å²) in [4.78, 5) is 16.5. The first kappa shape index (κ1) is 21.9. The van der Waals surface area contributed by atoms with E-state index in [1.165, 1.54) is 16.7 Å². The van der Waals surface area contributed by atoms with Crippen molar-refractivity contribution in [1.29, 1.82) is 0 Å². The van der Waals surface area contributed by atoms with E-state index < -0.39 is 0 Å². The van der Waals surface area contributed by atoms with E-state index in [0.29, 0.717) is 9.23 Å². The van der Waals surface area contributed by atoms with E-state index in [9.17, 15) is 4.79 Å². The van der Waals surface area contributed by atoms with E-state index in [1.807, 2.05) is 72.9 Å². The van der Waals surface area contributed by atoms with Gasteiger partial charge in [-0.05, 0) is 49.9 Å². The molecule has 0 N–H and O–H groups in total. The fourth-order valence-electron chi connectivity index (χ4n) is 3.37. The van der Waals surface area contributed by atoms with Crippen molar-refractivity contribution in [2.24, 2.45) is 0 Å². The first-order chi connectivity index (χ1) is 15.0. The lowest BCUT2D eigenvalue weighted by molar-refractivity contribution is -0.123. The molecule has 4 nitrogen and oxygen atoms in total. The summed E-state index contributed by atoms with van der Waals surface area (Å²) in [5.74, 6) is 0.989. The van der Waals surface area contributed by atoms with Gasteiger partial charge >= 0.3 is 0 Å². The fraction of sp³-hybridized carbons (Fsp3) is 0.208. The summed E-state index contributed by atoms with van der Waals surface area (Å²) < 4.78 is 2.46. The van der Waals surface area contributed by atoms with Crippen LogP contribution >= 0.6 is 35.7 Å². The minimum Gasteiger partial charge on any atom is -0.290 e. The molecule has 0 bridgehead atoms. The molecule has 1 aliphatic rings. The first-order valence-electron chi connectivity index (χ1n) is 10.1. The van der Waals surface area contributed by atoms with Gasteiger partial charge in [0.1, 0.15) is 4.32 Å². The van der Waals surface area contributed by atoms with Crippen LogP contribution in [0.25, 0.3) is 23.0 Å². The average Bonchev–Trinajstić information content (AvgIpc) is 3.30. The molecule has 1 aromatic heterocycles. The zero-order chi connectivity index (χ0) is 22.0. The monoisotopic (exact) mass is 465 g/mol. The minimum atomic E-state index is -0.0434. The molecule has 2 aromatic carbocycles. The highest BCUT2D eigenvalue weighted by atomic mass is 32.2. The molecule has 158 valence electrons. The Balaban J connectivity index is 1.78. The molecule has 3 aromatic rings. The number of benzene rings is 2. The molecule has 1 fully saturated rings. The average molecular weight is 466 g/mol. The molecular weight excluding hydrogens is 442 g/mol. The molecule has 4 rings (SSSR count). The number of para-hydroxylation sites is 1. The number of nitrogens with zero attached hydrogens (tertiary/aromatic N) is 3. The van der Waals surface area contributed by atoms with Crippen molar-refractivity contribution in [2.45, 2.75) is 31.7 Å². The van der Waals surface area contributed by atoms with Crippen molar-refractivity contribution in [3.63, 3.8) is 0 Å². The van der Waals surface area contributed by atoms with Crippen LogP contribution in [0.3, 0.4) is 0 Å². The normalized spacial score (nSPS) is 15.5. The summed E-state index contributed by atoms with van der Waals surface area (Å²) >= 11 is 8.60. The minimum absolute atomic E-state index is 0.0357. The van der Waals surface area contributed by atoms with Crippen molar-refractivity contribution < 1.29 is 4.79 Å². The van der Waals surface area contributed by atoms with Crippen LogP contribution in [0.5, 0.6) is 0 Å². The molecule has 1 amide bonds. The third-order valence-corrected chi connectivity index (χ3v) is 7.05. The van der Waals surface area contributed by atoms with Gasteiger partial charge < -0.3 is 0 Å². The largest absolute Gasteiger partial charge is 0.290 e. The van der Waals surface area contributed by atoms with Crippen molar-refractivity contribution in [3.05, 3.63) is 71.3 Å². The molecule has 0 unspecified atom stereocenters. The number of hydrogen-bond acceptors (Lipinski definition) is 5. The van der Waals surface area contributed by atoms with Gasteiger partial charge in [-0.3, -0.25) is 9.69 Å². The molecule has 0 aliphatic carbocycles. The van der Waals surface area contributed by atoms with Crippen LogP contribution in [0, 0.1) is 0 Å². The maximum Gasteiger partial charge on any atom is 0.266 e. The summed E-state index contributed by atoms with van der Waals surface area (Å²) in [6, 6.07) is 18.4. The van der Waals surface area contributed by atoms with Crippen LogP contribution in [-0.4, -0.2) is 36.7 Å². The standard InChI is InChI=1S/C24H23N3OS3/c1-4-30-20-12-10-17(11-13-20)22-18(15-26(25-22)19-8-6-5-7-9-19)14-21-23(28)27(16(2)3)24(29)31-21/h5-16H,4H2,1-3H3/b21-14-. The van der Waals surface area contributed by atoms with Gasteiger partial charge in [0.25, 0.3) is 5.91 Å². The van der Waals surface area contributed by atoms with Gasteiger partial charge in [0.2, 0.25) is 0 Å². The molecule has 0 spiro atoms. The van der Waals surface area contributed by atoms with Crippen molar-refractivity contribution in [1.82, 2.24) is 14.7 Å². The lowest BCUT2D eigenvalue weighted by Crippen LogP contribution is -2.34. The van der Waals surface area contributed by atoms with E-state index in [0.717, 1.165) is 28.3 Å². The number of thioether (sulfide) groups is 2. The highest BCUT2D eigenvalue weighted by Gasteiger charge is 2.34. The molecule has 2 heterocycles. The summed E-state index contributed by atoms with van der Waals surface area (Å²) in [6.07, 6.45) is 3.89. The second-order valence-electron chi connectivity index (χ2n) is 7.32. The van der Waals surface area contributed by atoms with E-state index in [2.05, 4.69) is 31.2 Å².